The molecule has 1 amide bonds. The molecule has 5 nitrogen and oxygen atoms in total. The highest BCUT2D eigenvalue weighted by molar-refractivity contribution is 7.93. The molecule has 98 valence electrons. The number of carbonyl (C=O) groups is 1. The molecule has 0 saturated heterocycles. The Hall–Kier alpha value is -1.56. The van der Waals surface area contributed by atoms with Crippen LogP contribution in [0.25, 0.3) is 0 Å². The fraction of sp³-hybridized carbons (Fsp3) is 0.417. The van der Waals surface area contributed by atoms with Crippen LogP contribution in [0.3, 0.4) is 0 Å². The van der Waals surface area contributed by atoms with Gasteiger partial charge in [-0.05, 0) is 30.5 Å². The standard InChI is InChI=1S/C12H16N2O3S/c1-13-12(15)8-9-2-4-10(5-3-9)14-18(16,17)11-6-7-11/h2-5,11,14H,6-8H2,1H3,(H,13,15). The number of carbonyl (C=O) groups excluding carboxylic acids is 1. The van der Waals surface area contributed by atoms with Gasteiger partial charge in [-0.1, -0.05) is 12.1 Å². The van der Waals surface area contributed by atoms with Gasteiger partial charge in [-0.25, -0.2) is 8.42 Å². The van der Waals surface area contributed by atoms with E-state index >= 15 is 0 Å². The van der Waals surface area contributed by atoms with Gasteiger partial charge in [0.1, 0.15) is 0 Å². The Morgan fingerprint density at radius 1 is 1.28 bits per heavy atom. The summed E-state index contributed by atoms with van der Waals surface area (Å²) in [6.45, 7) is 0. The summed E-state index contributed by atoms with van der Waals surface area (Å²) < 4.78 is 25.9. The zero-order valence-corrected chi connectivity index (χ0v) is 11.0. The van der Waals surface area contributed by atoms with Gasteiger partial charge in [-0.2, -0.15) is 0 Å². The van der Waals surface area contributed by atoms with Crippen molar-refractivity contribution in [3.05, 3.63) is 29.8 Å². The number of amides is 1. The van der Waals surface area contributed by atoms with Gasteiger partial charge >= 0.3 is 0 Å². The molecule has 1 fully saturated rings. The molecule has 1 aliphatic carbocycles. The molecule has 2 N–H and O–H groups in total. The van der Waals surface area contributed by atoms with Gasteiger partial charge in [-0.3, -0.25) is 9.52 Å². The maximum Gasteiger partial charge on any atom is 0.235 e. The lowest BCUT2D eigenvalue weighted by molar-refractivity contribution is -0.119. The molecule has 0 aromatic heterocycles. The largest absolute Gasteiger partial charge is 0.359 e. The van der Waals surface area contributed by atoms with E-state index < -0.39 is 10.0 Å². The average molecular weight is 268 g/mol. The van der Waals surface area contributed by atoms with Gasteiger partial charge in [0, 0.05) is 12.7 Å². The minimum atomic E-state index is -3.21. The molecule has 1 aromatic rings. The summed E-state index contributed by atoms with van der Waals surface area (Å²) in [6.07, 6.45) is 1.78. The van der Waals surface area contributed by atoms with E-state index in [4.69, 9.17) is 0 Å². The van der Waals surface area contributed by atoms with Crippen molar-refractivity contribution in [1.29, 1.82) is 0 Å². The third-order valence-corrected chi connectivity index (χ3v) is 4.69. The number of anilines is 1. The third-order valence-electron chi connectivity index (χ3n) is 2.82. The molecule has 0 unspecified atom stereocenters. The van der Waals surface area contributed by atoms with Gasteiger partial charge in [0.25, 0.3) is 0 Å². The normalized spacial score (nSPS) is 15.2. The van der Waals surface area contributed by atoms with Crippen LogP contribution in [0, 0.1) is 0 Å². The second-order valence-corrected chi connectivity index (χ2v) is 6.35. The Morgan fingerprint density at radius 3 is 2.39 bits per heavy atom. The quantitative estimate of drug-likeness (QED) is 0.832. The van der Waals surface area contributed by atoms with Crippen molar-refractivity contribution < 1.29 is 13.2 Å². The van der Waals surface area contributed by atoms with E-state index in [9.17, 15) is 13.2 Å². The van der Waals surface area contributed by atoms with Crippen LogP contribution in [-0.2, 0) is 21.2 Å². The van der Waals surface area contributed by atoms with Gasteiger partial charge in [0.2, 0.25) is 15.9 Å². The fourth-order valence-electron chi connectivity index (χ4n) is 1.59. The van der Waals surface area contributed by atoms with Gasteiger partial charge in [0.05, 0.1) is 11.7 Å². The Bertz CT molecular complexity index is 533. The Balaban J connectivity index is 2.01. The molecule has 0 spiro atoms. The molecule has 2 rings (SSSR count). The maximum absolute atomic E-state index is 11.7. The summed E-state index contributed by atoms with van der Waals surface area (Å²) in [5.41, 5.74) is 1.39. The van der Waals surface area contributed by atoms with Crippen molar-refractivity contribution in [1.82, 2.24) is 5.32 Å². The molecule has 6 heteroatoms. The molecule has 0 atom stereocenters. The molecule has 0 bridgehead atoms. The van der Waals surface area contributed by atoms with E-state index in [1.807, 2.05) is 0 Å². The van der Waals surface area contributed by atoms with Gasteiger partial charge in [-0.15, -0.1) is 0 Å². The smallest absolute Gasteiger partial charge is 0.235 e. The minimum absolute atomic E-state index is 0.0682. The molecular weight excluding hydrogens is 252 g/mol. The van der Waals surface area contributed by atoms with Crippen molar-refractivity contribution in [2.75, 3.05) is 11.8 Å². The van der Waals surface area contributed by atoms with E-state index in [1.54, 1.807) is 31.3 Å². The summed E-state index contributed by atoms with van der Waals surface area (Å²) in [5.74, 6) is -0.0682. The SMILES string of the molecule is CNC(=O)Cc1ccc(NS(=O)(=O)C2CC2)cc1. The fourth-order valence-corrected chi connectivity index (χ4v) is 2.98. The van der Waals surface area contributed by atoms with E-state index in [2.05, 4.69) is 10.0 Å². The number of hydrogen-bond donors (Lipinski definition) is 2. The van der Waals surface area contributed by atoms with Crippen LogP contribution < -0.4 is 10.0 Å². The van der Waals surface area contributed by atoms with Crippen molar-refractivity contribution >= 4 is 21.6 Å². The zero-order valence-electron chi connectivity index (χ0n) is 10.1. The van der Waals surface area contributed by atoms with Crippen LogP contribution in [0.1, 0.15) is 18.4 Å². The third kappa shape index (κ3) is 3.22. The molecule has 1 aromatic carbocycles. The Kier molecular flexibility index (Phi) is 3.56. The summed E-state index contributed by atoms with van der Waals surface area (Å²) in [7, 11) is -1.63. The number of benzene rings is 1. The van der Waals surface area contributed by atoms with Crippen LogP contribution in [0.2, 0.25) is 0 Å². The second kappa shape index (κ2) is 4.97. The first kappa shape index (κ1) is 12.9. The number of likely N-dealkylation sites (N-methyl/N-ethyl adjacent to an activating group) is 1. The number of sulfonamides is 1. The number of nitrogens with one attached hydrogen (secondary N) is 2. The van der Waals surface area contributed by atoms with E-state index in [-0.39, 0.29) is 11.2 Å². The predicted octanol–water partition coefficient (Wildman–Crippen LogP) is 0.879. The lowest BCUT2D eigenvalue weighted by atomic mass is 10.1. The van der Waals surface area contributed by atoms with Crippen molar-refractivity contribution in [2.45, 2.75) is 24.5 Å². The average Bonchev–Trinajstić information content (AvgIpc) is 3.15. The molecule has 0 radical (unpaired) electrons. The first-order valence-electron chi connectivity index (χ1n) is 5.82. The lowest BCUT2D eigenvalue weighted by Crippen LogP contribution is -2.20. The summed E-state index contributed by atoms with van der Waals surface area (Å²) in [4.78, 5) is 11.2. The second-order valence-electron chi connectivity index (χ2n) is 4.39. The highest BCUT2D eigenvalue weighted by atomic mass is 32.2. The highest BCUT2D eigenvalue weighted by Gasteiger charge is 2.35. The van der Waals surface area contributed by atoms with Crippen LogP contribution in [0.4, 0.5) is 5.69 Å². The van der Waals surface area contributed by atoms with Crippen LogP contribution in [0.15, 0.2) is 24.3 Å². The Labute approximate surface area is 107 Å². The molecule has 18 heavy (non-hydrogen) atoms. The molecule has 1 saturated carbocycles. The summed E-state index contributed by atoms with van der Waals surface area (Å²) in [5, 5.41) is 2.31. The summed E-state index contributed by atoms with van der Waals surface area (Å²) >= 11 is 0. The van der Waals surface area contributed by atoms with Gasteiger partial charge in [0.15, 0.2) is 0 Å². The Morgan fingerprint density at radius 2 is 1.89 bits per heavy atom. The van der Waals surface area contributed by atoms with Crippen molar-refractivity contribution in [2.24, 2.45) is 0 Å². The lowest BCUT2D eigenvalue weighted by Gasteiger charge is -2.07. The first-order valence-corrected chi connectivity index (χ1v) is 7.37. The van der Waals surface area contributed by atoms with Crippen molar-refractivity contribution in [3.8, 4) is 0 Å². The van der Waals surface area contributed by atoms with Crippen LogP contribution >= 0.6 is 0 Å². The highest BCUT2D eigenvalue weighted by Crippen LogP contribution is 2.29. The zero-order chi connectivity index (χ0) is 13.2. The van der Waals surface area contributed by atoms with Crippen LogP contribution in [0.5, 0.6) is 0 Å². The monoisotopic (exact) mass is 268 g/mol. The topological polar surface area (TPSA) is 75.3 Å². The number of hydrogen-bond acceptors (Lipinski definition) is 3. The molecule has 0 heterocycles. The maximum atomic E-state index is 11.7. The van der Waals surface area contributed by atoms with Crippen molar-refractivity contribution in [3.63, 3.8) is 0 Å². The minimum Gasteiger partial charge on any atom is -0.359 e. The van der Waals surface area contributed by atoms with E-state index in [0.29, 0.717) is 12.1 Å². The van der Waals surface area contributed by atoms with Crippen LogP contribution in [-0.4, -0.2) is 26.6 Å². The first-order chi connectivity index (χ1) is 8.51. The number of rotatable bonds is 5. The predicted molar refractivity (Wildman–Crippen MR) is 69.8 cm³/mol. The van der Waals surface area contributed by atoms with E-state index in [1.165, 1.54) is 0 Å². The van der Waals surface area contributed by atoms with Gasteiger partial charge < -0.3 is 5.32 Å². The summed E-state index contributed by atoms with van der Waals surface area (Å²) in [6, 6.07) is 6.86. The molecule has 0 aliphatic heterocycles. The molecule has 1 aliphatic rings. The molecular formula is C12H16N2O3S. The van der Waals surface area contributed by atoms with E-state index in [0.717, 1.165) is 18.4 Å².